The van der Waals surface area contributed by atoms with Crippen molar-refractivity contribution >= 4 is 17.3 Å². The van der Waals surface area contributed by atoms with Gasteiger partial charge in [-0.25, -0.2) is 0 Å². The van der Waals surface area contributed by atoms with Gasteiger partial charge in [0.2, 0.25) is 0 Å². The summed E-state index contributed by atoms with van der Waals surface area (Å²) in [6.45, 7) is 0.291. The predicted octanol–water partition coefficient (Wildman–Crippen LogP) is 3.52. The third-order valence-electron chi connectivity index (χ3n) is 3.33. The molecule has 0 aliphatic rings. The smallest absolute Gasteiger partial charge is 0.380 e. The number of hydrogen-bond acceptors (Lipinski definition) is 5. The fraction of sp³-hybridized carbons (Fsp3) is 0.188. The molecule has 0 fully saturated rings. The molecule has 0 spiro atoms. The van der Waals surface area contributed by atoms with Gasteiger partial charge in [0.15, 0.2) is 0 Å². The molecule has 138 valence electrons. The molecule has 10 heteroatoms. The fourth-order valence-electron chi connectivity index (χ4n) is 2.13. The number of nitrogens with one attached hydrogen (secondary N) is 2. The molecule has 0 atom stereocenters. The predicted molar refractivity (Wildman–Crippen MR) is 86.3 cm³/mol. The lowest BCUT2D eigenvalue weighted by Gasteiger charge is -2.12. The quantitative estimate of drug-likeness (QED) is 0.600. The van der Waals surface area contributed by atoms with E-state index in [9.17, 15) is 28.1 Å². The number of rotatable bonds is 6. The van der Waals surface area contributed by atoms with Gasteiger partial charge in [-0.1, -0.05) is 12.1 Å². The van der Waals surface area contributed by atoms with E-state index in [1.807, 2.05) is 0 Å². The maximum absolute atomic E-state index is 12.7. The summed E-state index contributed by atoms with van der Waals surface area (Å²) >= 11 is 0. The first-order valence-electron chi connectivity index (χ1n) is 7.22. The molecule has 0 radical (unpaired) electrons. The van der Waals surface area contributed by atoms with Crippen molar-refractivity contribution in [1.29, 1.82) is 0 Å². The molecule has 0 aliphatic carbocycles. The Morgan fingerprint density at radius 2 is 1.96 bits per heavy atom. The fourth-order valence-corrected chi connectivity index (χ4v) is 2.13. The van der Waals surface area contributed by atoms with Crippen LogP contribution in [0.1, 0.15) is 21.5 Å². The molecule has 0 saturated carbocycles. The summed E-state index contributed by atoms with van der Waals surface area (Å²) in [5.74, 6) is -0.614. The highest BCUT2D eigenvalue weighted by Crippen LogP contribution is 2.34. The Labute approximate surface area is 145 Å². The minimum Gasteiger partial charge on any atom is -0.380 e. The normalized spacial score (nSPS) is 11.1. The Balaban J connectivity index is 2.17. The molecule has 26 heavy (non-hydrogen) atoms. The Hall–Kier alpha value is -3.14. The lowest BCUT2D eigenvalue weighted by atomic mass is 10.1. The second-order valence-corrected chi connectivity index (χ2v) is 5.20. The van der Waals surface area contributed by atoms with E-state index in [-0.39, 0.29) is 11.3 Å². The van der Waals surface area contributed by atoms with Gasteiger partial charge < -0.3 is 4.74 Å². The van der Waals surface area contributed by atoms with Crippen LogP contribution in [0.5, 0.6) is 0 Å². The summed E-state index contributed by atoms with van der Waals surface area (Å²) in [6.07, 6.45) is -4.71. The van der Waals surface area contributed by atoms with Gasteiger partial charge in [0, 0.05) is 18.7 Å². The minimum absolute atomic E-state index is 0.251. The summed E-state index contributed by atoms with van der Waals surface area (Å²) in [5.41, 5.74) is 3.25. The van der Waals surface area contributed by atoms with Gasteiger partial charge >= 0.3 is 6.18 Å². The third-order valence-corrected chi connectivity index (χ3v) is 3.33. The van der Waals surface area contributed by atoms with Crippen molar-refractivity contribution in [1.82, 2.24) is 5.43 Å². The van der Waals surface area contributed by atoms with Gasteiger partial charge in [-0.05, 0) is 29.8 Å². The highest BCUT2D eigenvalue weighted by Gasteiger charge is 2.33. The molecular formula is C16H14F3N3O4. The Bertz CT molecular complexity index is 825. The summed E-state index contributed by atoms with van der Waals surface area (Å²) in [5, 5.41) is 11.0. The highest BCUT2D eigenvalue weighted by atomic mass is 19.4. The van der Waals surface area contributed by atoms with Crippen LogP contribution in [0.25, 0.3) is 0 Å². The largest absolute Gasteiger partial charge is 0.416 e. The molecule has 2 aromatic carbocycles. The zero-order chi connectivity index (χ0) is 19.3. The SMILES string of the molecule is COCc1cccc(C(=O)NNc2ccc(C(F)(F)F)cc2[N+](=O)[O-])c1. The van der Waals surface area contributed by atoms with E-state index in [0.717, 1.165) is 11.6 Å². The Kier molecular flexibility index (Phi) is 5.78. The Morgan fingerprint density at radius 1 is 1.23 bits per heavy atom. The molecule has 0 bridgehead atoms. The van der Waals surface area contributed by atoms with Gasteiger partial charge in [0.25, 0.3) is 11.6 Å². The number of hydrazine groups is 1. The number of nitro groups is 1. The lowest BCUT2D eigenvalue weighted by molar-refractivity contribution is -0.384. The van der Waals surface area contributed by atoms with Crippen LogP contribution in [-0.2, 0) is 17.5 Å². The van der Waals surface area contributed by atoms with Gasteiger partial charge in [-0.3, -0.25) is 25.8 Å². The molecular weight excluding hydrogens is 355 g/mol. The molecule has 0 aromatic heterocycles. The second kappa shape index (κ2) is 7.83. The number of anilines is 1. The third kappa shape index (κ3) is 4.70. The van der Waals surface area contributed by atoms with E-state index < -0.39 is 28.3 Å². The van der Waals surface area contributed by atoms with Crippen molar-refractivity contribution in [3.05, 3.63) is 69.3 Å². The molecule has 2 N–H and O–H groups in total. The number of carbonyl (C=O) groups excluding carboxylic acids is 1. The van der Waals surface area contributed by atoms with Crippen LogP contribution in [-0.4, -0.2) is 17.9 Å². The second-order valence-electron chi connectivity index (χ2n) is 5.20. The van der Waals surface area contributed by atoms with Crippen LogP contribution >= 0.6 is 0 Å². The zero-order valence-corrected chi connectivity index (χ0v) is 13.5. The van der Waals surface area contributed by atoms with Crippen LogP contribution in [0.15, 0.2) is 42.5 Å². The molecule has 1 amide bonds. The van der Waals surface area contributed by atoms with Crippen molar-refractivity contribution in [3.63, 3.8) is 0 Å². The van der Waals surface area contributed by atoms with Crippen molar-refractivity contribution in [3.8, 4) is 0 Å². The molecule has 0 unspecified atom stereocenters. The van der Waals surface area contributed by atoms with Crippen molar-refractivity contribution < 1.29 is 27.6 Å². The topological polar surface area (TPSA) is 93.5 Å². The zero-order valence-electron chi connectivity index (χ0n) is 13.5. The van der Waals surface area contributed by atoms with Crippen molar-refractivity contribution in [2.45, 2.75) is 12.8 Å². The maximum atomic E-state index is 12.7. The van der Waals surface area contributed by atoms with Gasteiger partial charge in [-0.15, -0.1) is 0 Å². The van der Waals surface area contributed by atoms with E-state index in [4.69, 9.17) is 4.74 Å². The van der Waals surface area contributed by atoms with Crippen LogP contribution in [0, 0.1) is 10.1 Å². The minimum atomic E-state index is -4.71. The summed E-state index contributed by atoms with van der Waals surface area (Å²) in [4.78, 5) is 22.2. The van der Waals surface area contributed by atoms with Gasteiger partial charge in [-0.2, -0.15) is 13.2 Å². The van der Waals surface area contributed by atoms with E-state index in [0.29, 0.717) is 18.7 Å². The number of methoxy groups -OCH3 is 1. The molecule has 0 aliphatic heterocycles. The van der Waals surface area contributed by atoms with E-state index >= 15 is 0 Å². The first-order chi connectivity index (χ1) is 12.2. The summed E-state index contributed by atoms with van der Waals surface area (Å²) in [6, 6.07) is 8.40. The number of amides is 1. The lowest BCUT2D eigenvalue weighted by Crippen LogP contribution is -2.29. The molecule has 2 rings (SSSR count). The molecule has 0 saturated heterocycles. The van der Waals surface area contributed by atoms with Crippen LogP contribution in [0.4, 0.5) is 24.5 Å². The van der Waals surface area contributed by atoms with Gasteiger partial charge in [0.1, 0.15) is 5.69 Å². The van der Waals surface area contributed by atoms with Crippen molar-refractivity contribution in [2.24, 2.45) is 0 Å². The molecule has 7 nitrogen and oxygen atoms in total. The standard InChI is InChI=1S/C16H14F3N3O4/c1-26-9-10-3-2-4-11(7-10)15(23)21-20-13-6-5-12(16(17,18)19)8-14(13)22(24)25/h2-8,20H,9H2,1H3,(H,21,23). The first kappa shape index (κ1) is 19.2. The average Bonchev–Trinajstić information content (AvgIpc) is 2.59. The van der Waals surface area contributed by atoms with E-state index in [1.165, 1.54) is 13.2 Å². The number of hydrogen-bond donors (Lipinski definition) is 2. The number of carbonyl (C=O) groups is 1. The number of alkyl halides is 3. The average molecular weight is 369 g/mol. The number of halogens is 3. The number of nitro benzene ring substituents is 1. The number of ether oxygens (including phenoxy) is 1. The van der Waals surface area contributed by atoms with Crippen molar-refractivity contribution in [2.75, 3.05) is 12.5 Å². The van der Waals surface area contributed by atoms with E-state index in [1.54, 1.807) is 18.2 Å². The first-order valence-corrected chi connectivity index (χ1v) is 7.22. The molecule has 2 aromatic rings. The summed E-state index contributed by atoms with van der Waals surface area (Å²) in [7, 11) is 1.50. The highest BCUT2D eigenvalue weighted by molar-refractivity contribution is 5.95. The monoisotopic (exact) mass is 369 g/mol. The van der Waals surface area contributed by atoms with Gasteiger partial charge in [0.05, 0.1) is 17.1 Å². The molecule has 0 heterocycles. The number of nitrogens with zero attached hydrogens (tertiary/aromatic N) is 1. The van der Waals surface area contributed by atoms with Crippen LogP contribution in [0.3, 0.4) is 0 Å². The number of benzene rings is 2. The Morgan fingerprint density at radius 3 is 2.58 bits per heavy atom. The van der Waals surface area contributed by atoms with E-state index in [2.05, 4.69) is 10.9 Å². The van der Waals surface area contributed by atoms with Crippen LogP contribution in [0.2, 0.25) is 0 Å². The maximum Gasteiger partial charge on any atom is 0.416 e. The summed E-state index contributed by atoms with van der Waals surface area (Å²) < 4.78 is 43.0. The van der Waals surface area contributed by atoms with Crippen LogP contribution < -0.4 is 10.9 Å².